The van der Waals surface area contributed by atoms with E-state index in [2.05, 4.69) is 33.2 Å². The number of aromatic nitrogens is 1. The lowest BCUT2D eigenvalue weighted by molar-refractivity contribution is 0.215. The molecule has 3 heterocycles. The molecule has 0 amide bonds. The first-order valence-corrected chi connectivity index (χ1v) is 7.34. The summed E-state index contributed by atoms with van der Waals surface area (Å²) in [6.07, 6.45) is 5.92. The van der Waals surface area contributed by atoms with Gasteiger partial charge in [-0.1, -0.05) is 6.07 Å². The van der Waals surface area contributed by atoms with E-state index < -0.39 is 0 Å². The van der Waals surface area contributed by atoms with E-state index in [0.29, 0.717) is 0 Å². The monoisotopic (exact) mass is 260 g/mol. The molecule has 2 aliphatic heterocycles. The molecule has 2 unspecified atom stereocenters. The van der Waals surface area contributed by atoms with Gasteiger partial charge in [-0.25, -0.2) is 4.98 Å². The van der Waals surface area contributed by atoms with Crippen LogP contribution in [0.4, 0.5) is 5.82 Å². The number of hydrogen-bond donors (Lipinski definition) is 1. The van der Waals surface area contributed by atoms with Crippen LogP contribution in [0.3, 0.4) is 0 Å². The molecule has 1 aromatic heterocycles. The molecule has 104 valence electrons. The first-order valence-electron chi connectivity index (χ1n) is 7.34. The van der Waals surface area contributed by atoms with Crippen molar-refractivity contribution in [3.05, 3.63) is 23.9 Å². The minimum absolute atomic E-state index is 0.752. The van der Waals surface area contributed by atoms with Gasteiger partial charge in [0, 0.05) is 50.5 Å². The van der Waals surface area contributed by atoms with Crippen LogP contribution in [0.15, 0.2) is 18.3 Å². The van der Waals surface area contributed by atoms with Crippen LogP contribution in [-0.2, 0) is 6.54 Å². The minimum atomic E-state index is 0.752. The summed E-state index contributed by atoms with van der Waals surface area (Å²) in [5.41, 5.74) is 1.31. The number of likely N-dealkylation sites (tertiary alicyclic amines) is 1. The van der Waals surface area contributed by atoms with E-state index in [9.17, 15) is 0 Å². The molecule has 0 aliphatic carbocycles. The fourth-order valence-electron chi connectivity index (χ4n) is 3.55. The zero-order chi connectivity index (χ0) is 13.2. The summed E-state index contributed by atoms with van der Waals surface area (Å²) < 4.78 is 0. The number of nitrogens with zero attached hydrogens (tertiary/aromatic N) is 3. The van der Waals surface area contributed by atoms with Crippen molar-refractivity contribution in [3.63, 3.8) is 0 Å². The first-order chi connectivity index (χ1) is 9.28. The maximum absolute atomic E-state index is 4.40. The molecule has 4 nitrogen and oxygen atoms in total. The van der Waals surface area contributed by atoms with Crippen molar-refractivity contribution in [2.45, 2.75) is 37.9 Å². The van der Waals surface area contributed by atoms with Crippen LogP contribution in [0, 0.1) is 0 Å². The molecule has 0 aromatic carbocycles. The Hall–Kier alpha value is -1.13. The molecule has 0 saturated carbocycles. The Morgan fingerprint density at radius 2 is 2.16 bits per heavy atom. The van der Waals surface area contributed by atoms with Crippen molar-refractivity contribution in [2.75, 3.05) is 32.5 Å². The van der Waals surface area contributed by atoms with E-state index >= 15 is 0 Å². The molecule has 1 N–H and O–H groups in total. The smallest absolute Gasteiger partial charge is 0.130 e. The van der Waals surface area contributed by atoms with Crippen LogP contribution in [-0.4, -0.2) is 54.1 Å². The van der Waals surface area contributed by atoms with Crippen molar-refractivity contribution >= 4 is 5.82 Å². The number of nitrogens with one attached hydrogen (secondary N) is 1. The van der Waals surface area contributed by atoms with Gasteiger partial charge in [0.15, 0.2) is 0 Å². The van der Waals surface area contributed by atoms with Gasteiger partial charge >= 0.3 is 0 Å². The van der Waals surface area contributed by atoms with Crippen molar-refractivity contribution in [3.8, 4) is 0 Å². The molecule has 2 atom stereocenters. The molecular formula is C15H24N4. The van der Waals surface area contributed by atoms with Gasteiger partial charge in [-0.05, 0) is 32.4 Å². The van der Waals surface area contributed by atoms with Crippen LogP contribution in [0.2, 0.25) is 0 Å². The van der Waals surface area contributed by atoms with E-state index in [1.54, 1.807) is 0 Å². The molecular weight excluding hydrogens is 236 g/mol. The predicted molar refractivity (Wildman–Crippen MR) is 78.3 cm³/mol. The maximum Gasteiger partial charge on any atom is 0.130 e. The van der Waals surface area contributed by atoms with E-state index in [4.69, 9.17) is 0 Å². The normalized spacial score (nSPS) is 28.3. The highest BCUT2D eigenvalue weighted by Crippen LogP contribution is 2.29. The second kappa shape index (κ2) is 5.47. The van der Waals surface area contributed by atoms with E-state index in [1.807, 2.05) is 19.3 Å². The van der Waals surface area contributed by atoms with Gasteiger partial charge in [0.25, 0.3) is 0 Å². The first kappa shape index (κ1) is 12.9. The molecule has 4 heteroatoms. The molecule has 3 rings (SSSR count). The average molecular weight is 260 g/mol. The summed E-state index contributed by atoms with van der Waals surface area (Å²) in [6, 6.07) is 5.78. The van der Waals surface area contributed by atoms with Gasteiger partial charge in [0.1, 0.15) is 5.82 Å². The summed E-state index contributed by atoms with van der Waals surface area (Å²) in [6.45, 7) is 3.43. The van der Waals surface area contributed by atoms with Crippen molar-refractivity contribution in [1.29, 1.82) is 0 Å². The minimum Gasteiger partial charge on any atom is -0.373 e. The van der Waals surface area contributed by atoms with Crippen LogP contribution < -0.4 is 5.32 Å². The fraction of sp³-hybridized carbons (Fsp3) is 0.667. The van der Waals surface area contributed by atoms with Gasteiger partial charge in [0.05, 0.1) is 0 Å². The Labute approximate surface area is 115 Å². The van der Waals surface area contributed by atoms with Crippen molar-refractivity contribution in [1.82, 2.24) is 14.8 Å². The predicted octanol–water partition coefficient (Wildman–Crippen LogP) is 1.79. The van der Waals surface area contributed by atoms with Crippen LogP contribution >= 0.6 is 0 Å². The third kappa shape index (κ3) is 2.60. The number of pyridine rings is 1. The van der Waals surface area contributed by atoms with Gasteiger partial charge in [-0.2, -0.15) is 0 Å². The summed E-state index contributed by atoms with van der Waals surface area (Å²) >= 11 is 0. The average Bonchev–Trinajstić information content (AvgIpc) is 2.68. The standard InChI is InChI=1S/C15H24N4/c1-16-15-12(4-3-8-17-15)10-19-9-7-13-5-6-14(11-19)18(13)2/h3-4,8,13-14H,5-7,9-11H2,1-2H3,(H,16,17). The SMILES string of the molecule is CNc1ncccc1CN1CCC2CCC(C1)N2C. The lowest BCUT2D eigenvalue weighted by Crippen LogP contribution is -2.36. The summed E-state index contributed by atoms with van der Waals surface area (Å²) in [4.78, 5) is 9.60. The fourth-order valence-corrected chi connectivity index (χ4v) is 3.55. The Kier molecular flexibility index (Phi) is 3.71. The second-order valence-electron chi connectivity index (χ2n) is 5.84. The number of rotatable bonds is 3. The van der Waals surface area contributed by atoms with Crippen LogP contribution in [0.5, 0.6) is 0 Å². The third-order valence-corrected chi connectivity index (χ3v) is 4.75. The topological polar surface area (TPSA) is 31.4 Å². The van der Waals surface area contributed by atoms with Gasteiger partial charge in [-0.15, -0.1) is 0 Å². The highest BCUT2D eigenvalue weighted by molar-refractivity contribution is 5.42. The number of hydrogen-bond acceptors (Lipinski definition) is 4. The number of anilines is 1. The van der Waals surface area contributed by atoms with Gasteiger partial charge in [-0.3, -0.25) is 9.80 Å². The van der Waals surface area contributed by atoms with Crippen molar-refractivity contribution in [2.24, 2.45) is 0 Å². The summed E-state index contributed by atoms with van der Waals surface area (Å²) in [5, 5.41) is 3.20. The molecule has 1 aromatic rings. The molecule has 2 saturated heterocycles. The van der Waals surface area contributed by atoms with Gasteiger partial charge < -0.3 is 5.32 Å². The highest BCUT2D eigenvalue weighted by atomic mass is 15.3. The van der Waals surface area contributed by atoms with Crippen LogP contribution in [0.25, 0.3) is 0 Å². The Morgan fingerprint density at radius 3 is 3.00 bits per heavy atom. The molecule has 0 spiro atoms. The van der Waals surface area contributed by atoms with E-state index in [0.717, 1.165) is 24.4 Å². The Bertz CT molecular complexity index is 434. The zero-order valence-electron chi connectivity index (χ0n) is 12.0. The number of likely N-dealkylation sites (N-methyl/N-ethyl adjacent to an activating group) is 1. The lowest BCUT2D eigenvalue weighted by Gasteiger charge is -2.26. The quantitative estimate of drug-likeness (QED) is 0.898. The summed E-state index contributed by atoms with van der Waals surface area (Å²) in [5.74, 6) is 1.02. The Balaban J connectivity index is 1.70. The van der Waals surface area contributed by atoms with Crippen LogP contribution in [0.1, 0.15) is 24.8 Å². The number of fused-ring (bicyclic) bond motifs is 2. The maximum atomic E-state index is 4.40. The molecule has 19 heavy (non-hydrogen) atoms. The Morgan fingerprint density at radius 1 is 1.32 bits per heavy atom. The molecule has 0 radical (unpaired) electrons. The van der Waals surface area contributed by atoms with Crippen molar-refractivity contribution < 1.29 is 0 Å². The third-order valence-electron chi connectivity index (χ3n) is 4.75. The highest BCUT2D eigenvalue weighted by Gasteiger charge is 2.34. The second-order valence-corrected chi connectivity index (χ2v) is 5.84. The lowest BCUT2D eigenvalue weighted by atomic mass is 10.1. The van der Waals surface area contributed by atoms with E-state index in [-0.39, 0.29) is 0 Å². The summed E-state index contributed by atoms with van der Waals surface area (Å²) in [7, 11) is 4.25. The molecule has 2 aliphatic rings. The van der Waals surface area contributed by atoms with E-state index in [1.165, 1.54) is 37.9 Å². The molecule has 2 fully saturated rings. The van der Waals surface area contributed by atoms with Gasteiger partial charge in [0.2, 0.25) is 0 Å². The molecule has 2 bridgehead atoms. The zero-order valence-corrected chi connectivity index (χ0v) is 12.0. The largest absolute Gasteiger partial charge is 0.373 e.